The summed E-state index contributed by atoms with van der Waals surface area (Å²) in [5, 5.41) is 5.58. The number of ether oxygens (including phenoxy) is 2. The van der Waals surface area contributed by atoms with Gasteiger partial charge in [0.2, 0.25) is 0 Å². The van der Waals surface area contributed by atoms with Crippen LogP contribution < -0.4 is 20.2 Å². The van der Waals surface area contributed by atoms with Crippen LogP contribution in [0.5, 0.6) is 11.5 Å². The Labute approximate surface area is 162 Å². The predicted molar refractivity (Wildman–Crippen MR) is 95.4 cm³/mol. The summed E-state index contributed by atoms with van der Waals surface area (Å²) in [6.07, 6.45) is -7.61. The van der Waals surface area contributed by atoms with Gasteiger partial charge < -0.3 is 14.8 Å². The second kappa shape index (κ2) is 9.53. The topological polar surface area (TPSA) is 89.0 Å². The molecule has 29 heavy (non-hydrogen) atoms. The van der Waals surface area contributed by atoms with Crippen LogP contribution in [0.1, 0.15) is 5.56 Å². The number of halogens is 4. The molecule has 0 aliphatic heterocycles. The van der Waals surface area contributed by atoms with Crippen LogP contribution in [0.15, 0.2) is 53.6 Å². The third-order valence-corrected chi connectivity index (χ3v) is 3.32. The molecule has 2 N–H and O–H groups in total. The van der Waals surface area contributed by atoms with E-state index in [4.69, 9.17) is 4.74 Å². The standard InChI is InChI=1S/C18H15F4N3O4/c1-28-12-6-4-5-11(9-12)10-23-25-16(27)15(26)24-13-7-2-3-8-14(13)29-18(21,22)17(19)20/h2-10,17H,1H3,(H,24,26)(H,25,27)/b23-10+. The summed E-state index contributed by atoms with van der Waals surface area (Å²) in [5.74, 6) is -2.68. The van der Waals surface area contributed by atoms with Crippen molar-refractivity contribution < 1.29 is 36.6 Å². The van der Waals surface area contributed by atoms with E-state index < -0.39 is 35.8 Å². The summed E-state index contributed by atoms with van der Waals surface area (Å²) in [6, 6.07) is 11.2. The van der Waals surface area contributed by atoms with Gasteiger partial charge >= 0.3 is 24.3 Å². The van der Waals surface area contributed by atoms with Gasteiger partial charge in [0.15, 0.2) is 0 Å². The smallest absolute Gasteiger partial charge is 0.461 e. The van der Waals surface area contributed by atoms with Crippen LogP contribution in [0.25, 0.3) is 0 Å². The monoisotopic (exact) mass is 413 g/mol. The molecule has 0 fully saturated rings. The molecule has 2 aromatic carbocycles. The highest BCUT2D eigenvalue weighted by atomic mass is 19.3. The van der Waals surface area contributed by atoms with E-state index in [1.165, 1.54) is 25.5 Å². The number of rotatable bonds is 7. The molecule has 2 aromatic rings. The van der Waals surface area contributed by atoms with E-state index in [2.05, 4.69) is 9.84 Å². The molecular weight excluding hydrogens is 398 g/mol. The summed E-state index contributed by atoms with van der Waals surface area (Å²) in [5.41, 5.74) is 2.11. The molecule has 154 valence electrons. The van der Waals surface area contributed by atoms with Crippen molar-refractivity contribution in [3.8, 4) is 11.5 Å². The first-order valence-corrected chi connectivity index (χ1v) is 7.95. The van der Waals surface area contributed by atoms with Crippen molar-refractivity contribution in [2.75, 3.05) is 12.4 Å². The van der Waals surface area contributed by atoms with E-state index in [1.807, 2.05) is 10.7 Å². The Kier molecular flexibility index (Phi) is 7.12. The van der Waals surface area contributed by atoms with Crippen LogP contribution in [-0.4, -0.2) is 37.7 Å². The molecule has 2 rings (SSSR count). The van der Waals surface area contributed by atoms with E-state index >= 15 is 0 Å². The predicted octanol–water partition coefficient (Wildman–Crippen LogP) is 3.02. The van der Waals surface area contributed by atoms with E-state index in [1.54, 1.807) is 24.3 Å². The van der Waals surface area contributed by atoms with Crippen molar-refractivity contribution in [2.24, 2.45) is 5.10 Å². The highest BCUT2D eigenvalue weighted by Gasteiger charge is 2.44. The maximum Gasteiger partial charge on any atom is 0.461 e. The minimum atomic E-state index is -4.77. The lowest BCUT2D eigenvalue weighted by Gasteiger charge is -2.19. The second-order valence-corrected chi connectivity index (χ2v) is 5.39. The first kappa shape index (κ1) is 21.7. The fourth-order valence-corrected chi connectivity index (χ4v) is 1.97. The first-order valence-electron chi connectivity index (χ1n) is 7.95. The number of methoxy groups -OCH3 is 1. The Balaban J connectivity index is 2.01. The van der Waals surface area contributed by atoms with E-state index in [0.29, 0.717) is 11.3 Å². The lowest BCUT2D eigenvalue weighted by atomic mass is 10.2. The summed E-state index contributed by atoms with van der Waals surface area (Å²) in [7, 11) is 1.47. The number of hydrogen-bond acceptors (Lipinski definition) is 5. The zero-order chi connectivity index (χ0) is 21.4. The number of carbonyl (C=O) groups excluding carboxylic acids is 2. The van der Waals surface area contributed by atoms with E-state index in [0.717, 1.165) is 12.1 Å². The van der Waals surface area contributed by atoms with E-state index in [9.17, 15) is 27.2 Å². The summed E-state index contributed by atoms with van der Waals surface area (Å²) in [4.78, 5) is 23.7. The highest BCUT2D eigenvalue weighted by Crippen LogP contribution is 2.32. The average Bonchev–Trinajstić information content (AvgIpc) is 2.69. The van der Waals surface area contributed by atoms with Crippen LogP contribution in [0, 0.1) is 0 Å². The minimum Gasteiger partial charge on any atom is -0.497 e. The molecule has 7 nitrogen and oxygen atoms in total. The van der Waals surface area contributed by atoms with Gasteiger partial charge in [-0.25, -0.2) is 5.43 Å². The van der Waals surface area contributed by atoms with Crippen LogP contribution in [0.3, 0.4) is 0 Å². The molecule has 0 saturated carbocycles. The fraction of sp³-hybridized carbons (Fsp3) is 0.167. The quantitative estimate of drug-likeness (QED) is 0.316. The van der Waals surface area contributed by atoms with Gasteiger partial charge in [-0.2, -0.15) is 22.7 Å². The van der Waals surface area contributed by atoms with Crippen molar-refractivity contribution in [2.45, 2.75) is 12.5 Å². The number of anilines is 1. The normalized spacial score (nSPS) is 11.4. The van der Waals surface area contributed by atoms with Gasteiger partial charge in [-0.15, -0.1) is 0 Å². The van der Waals surface area contributed by atoms with Crippen molar-refractivity contribution in [3.05, 3.63) is 54.1 Å². The molecule has 11 heteroatoms. The van der Waals surface area contributed by atoms with Crippen LogP contribution in [0.2, 0.25) is 0 Å². The molecule has 0 unspecified atom stereocenters. The Bertz CT molecular complexity index is 906. The lowest BCUT2D eigenvalue weighted by molar-refractivity contribution is -0.252. The zero-order valence-electron chi connectivity index (χ0n) is 14.9. The summed E-state index contributed by atoms with van der Waals surface area (Å²) < 4.78 is 59.8. The molecule has 0 aromatic heterocycles. The first-order chi connectivity index (χ1) is 13.7. The van der Waals surface area contributed by atoms with Gasteiger partial charge in [-0.05, 0) is 29.8 Å². The molecule has 0 aliphatic rings. The molecule has 0 heterocycles. The number of hydrogen-bond donors (Lipinski definition) is 2. The molecule has 0 radical (unpaired) electrons. The number of amides is 2. The van der Waals surface area contributed by atoms with E-state index in [-0.39, 0.29) is 0 Å². The molecule has 0 bridgehead atoms. The third-order valence-electron chi connectivity index (χ3n) is 3.32. The number of para-hydroxylation sites is 2. The van der Waals surface area contributed by atoms with Crippen LogP contribution in [-0.2, 0) is 9.59 Å². The summed E-state index contributed by atoms with van der Waals surface area (Å²) in [6.45, 7) is 0. The van der Waals surface area contributed by atoms with Gasteiger partial charge in [0.1, 0.15) is 11.5 Å². The molecule has 0 aliphatic carbocycles. The minimum absolute atomic E-state index is 0.398. The van der Waals surface area contributed by atoms with Gasteiger partial charge in [0.05, 0.1) is 19.0 Å². The average molecular weight is 413 g/mol. The van der Waals surface area contributed by atoms with Gasteiger partial charge in [-0.3, -0.25) is 9.59 Å². The maximum atomic E-state index is 13.1. The fourth-order valence-electron chi connectivity index (χ4n) is 1.97. The number of nitrogens with zero attached hydrogens (tertiary/aromatic N) is 1. The molecule has 2 amide bonds. The Morgan fingerprint density at radius 2 is 1.83 bits per heavy atom. The zero-order valence-corrected chi connectivity index (χ0v) is 14.9. The molecule has 0 atom stereocenters. The molecular formula is C18H15F4N3O4. The Morgan fingerprint density at radius 1 is 1.10 bits per heavy atom. The number of carbonyl (C=O) groups is 2. The van der Waals surface area contributed by atoms with Gasteiger partial charge in [0, 0.05) is 0 Å². The molecule has 0 saturated heterocycles. The maximum absolute atomic E-state index is 13.1. The Hall–Kier alpha value is -3.63. The second-order valence-electron chi connectivity index (χ2n) is 5.39. The molecule has 0 spiro atoms. The van der Waals surface area contributed by atoms with Crippen LogP contribution >= 0.6 is 0 Å². The van der Waals surface area contributed by atoms with Crippen molar-refractivity contribution in [1.29, 1.82) is 0 Å². The van der Waals surface area contributed by atoms with Crippen molar-refractivity contribution in [3.63, 3.8) is 0 Å². The number of benzene rings is 2. The van der Waals surface area contributed by atoms with Crippen LogP contribution in [0.4, 0.5) is 23.2 Å². The SMILES string of the molecule is COc1cccc(/C=N/NC(=O)C(=O)Nc2ccccc2OC(F)(F)C(F)F)c1. The van der Waals surface area contributed by atoms with Crippen molar-refractivity contribution in [1.82, 2.24) is 5.43 Å². The Morgan fingerprint density at radius 3 is 2.52 bits per heavy atom. The highest BCUT2D eigenvalue weighted by molar-refractivity contribution is 6.39. The third kappa shape index (κ3) is 6.19. The number of alkyl halides is 4. The number of nitrogens with one attached hydrogen (secondary N) is 2. The number of hydrazone groups is 1. The largest absolute Gasteiger partial charge is 0.497 e. The lowest BCUT2D eigenvalue weighted by Crippen LogP contribution is -2.35. The van der Waals surface area contributed by atoms with Gasteiger partial charge in [-0.1, -0.05) is 24.3 Å². The summed E-state index contributed by atoms with van der Waals surface area (Å²) >= 11 is 0. The van der Waals surface area contributed by atoms with Crippen molar-refractivity contribution >= 4 is 23.7 Å². The van der Waals surface area contributed by atoms with Gasteiger partial charge in [0.25, 0.3) is 0 Å².